The van der Waals surface area contributed by atoms with Gasteiger partial charge in [-0.1, -0.05) is 13.8 Å². The highest BCUT2D eigenvalue weighted by Gasteiger charge is 2.25. The van der Waals surface area contributed by atoms with Crippen molar-refractivity contribution >= 4 is 43.2 Å². The molecule has 2 nitrogen and oxygen atoms in total. The largest absolute Gasteiger partial charge is 0.314 e. The summed E-state index contributed by atoms with van der Waals surface area (Å²) in [6.07, 6.45) is 1.24. The van der Waals surface area contributed by atoms with Crippen molar-refractivity contribution in [2.24, 2.45) is 5.92 Å². The van der Waals surface area contributed by atoms with Gasteiger partial charge in [-0.25, -0.2) is 0 Å². The number of piperazine rings is 1. The van der Waals surface area contributed by atoms with Gasteiger partial charge in [0.15, 0.2) is 0 Å². The summed E-state index contributed by atoms with van der Waals surface area (Å²) < 4.78 is 2.40. The monoisotopic (exact) mass is 394 g/mol. The molecule has 1 aliphatic heterocycles. The first-order valence-corrected chi connectivity index (χ1v) is 8.87. The Morgan fingerprint density at radius 2 is 2.00 bits per heavy atom. The van der Waals surface area contributed by atoms with Gasteiger partial charge in [-0.2, -0.15) is 0 Å². The highest BCUT2D eigenvalue weighted by molar-refractivity contribution is 9.13. The van der Waals surface area contributed by atoms with Gasteiger partial charge in [0.1, 0.15) is 0 Å². The molecule has 2 rings (SSSR count). The highest BCUT2D eigenvalue weighted by atomic mass is 79.9. The van der Waals surface area contributed by atoms with Crippen molar-refractivity contribution in [3.63, 3.8) is 0 Å². The maximum Gasteiger partial charge on any atom is 0.0843 e. The van der Waals surface area contributed by atoms with Crippen LogP contribution >= 0.6 is 43.2 Å². The Hall–Kier alpha value is 0.580. The van der Waals surface area contributed by atoms with Gasteiger partial charge >= 0.3 is 0 Å². The third-order valence-electron chi connectivity index (χ3n) is 3.28. The first kappa shape index (κ1) is 15.0. The van der Waals surface area contributed by atoms with Crippen LogP contribution in [0.4, 0.5) is 0 Å². The number of halogens is 2. The molecule has 1 aromatic heterocycles. The first-order chi connectivity index (χ1) is 8.58. The Balaban J connectivity index is 2.17. The molecule has 1 fully saturated rings. The summed E-state index contributed by atoms with van der Waals surface area (Å²) >= 11 is 9.09. The van der Waals surface area contributed by atoms with E-state index in [1.807, 2.05) is 11.3 Å². The number of thiophene rings is 1. The Morgan fingerprint density at radius 3 is 2.50 bits per heavy atom. The Morgan fingerprint density at radius 1 is 1.33 bits per heavy atom. The third kappa shape index (κ3) is 3.79. The second-order valence-corrected chi connectivity index (χ2v) is 8.46. The van der Waals surface area contributed by atoms with Crippen LogP contribution in [0.2, 0.25) is 0 Å². The maximum atomic E-state index is 3.62. The van der Waals surface area contributed by atoms with E-state index in [-0.39, 0.29) is 0 Å². The summed E-state index contributed by atoms with van der Waals surface area (Å²) in [6.45, 7) is 9.17. The standard InChI is InChI=1S/C13H20Br2N2S/c1-9(2)7-11(17-5-3-16-4-6-17)12-8-10(14)13(15)18-12/h8-9,11,16H,3-7H2,1-2H3/t11-/m0/s1. The predicted octanol–water partition coefficient (Wildman–Crippen LogP) is 4.27. The molecule has 0 aromatic carbocycles. The fourth-order valence-corrected chi connectivity index (χ4v) is 4.65. The van der Waals surface area contributed by atoms with Crippen LogP contribution in [0.1, 0.15) is 31.2 Å². The van der Waals surface area contributed by atoms with Gasteiger partial charge in [-0.15, -0.1) is 11.3 Å². The minimum Gasteiger partial charge on any atom is -0.314 e. The van der Waals surface area contributed by atoms with Crippen molar-refractivity contribution in [3.8, 4) is 0 Å². The minimum absolute atomic E-state index is 0.569. The number of hydrogen-bond acceptors (Lipinski definition) is 3. The minimum atomic E-state index is 0.569. The van der Waals surface area contributed by atoms with E-state index in [0.717, 1.165) is 32.1 Å². The van der Waals surface area contributed by atoms with E-state index in [9.17, 15) is 0 Å². The lowest BCUT2D eigenvalue weighted by Crippen LogP contribution is -2.45. The summed E-state index contributed by atoms with van der Waals surface area (Å²) in [4.78, 5) is 4.10. The topological polar surface area (TPSA) is 15.3 Å². The van der Waals surface area contributed by atoms with Crippen LogP contribution in [0.5, 0.6) is 0 Å². The van der Waals surface area contributed by atoms with Crippen LogP contribution < -0.4 is 5.32 Å². The van der Waals surface area contributed by atoms with Crippen LogP contribution in [0, 0.1) is 5.92 Å². The van der Waals surface area contributed by atoms with E-state index >= 15 is 0 Å². The molecule has 0 unspecified atom stereocenters. The lowest BCUT2D eigenvalue weighted by Gasteiger charge is -2.35. The molecular weight excluding hydrogens is 376 g/mol. The molecule has 0 saturated carbocycles. The molecule has 1 N–H and O–H groups in total. The second-order valence-electron chi connectivity index (χ2n) is 5.20. The summed E-state index contributed by atoms with van der Waals surface area (Å²) in [6, 6.07) is 2.85. The molecule has 1 aromatic rings. The molecule has 0 aliphatic carbocycles. The molecule has 18 heavy (non-hydrogen) atoms. The van der Waals surface area contributed by atoms with Gasteiger partial charge in [0.2, 0.25) is 0 Å². The normalized spacial score (nSPS) is 19.4. The van der Waals surface area contributed by atoms with Gasteiger partial charge in [0.25, 0.3) is 0 Å². The molecule has 0 radical (unpaired) electrons. The number of rotatable bonds is 4. The first-order valence-electron chi connectivity index (χ1n) is 6.47. The summed E-state index contributed by atoms with van der Waals surface area (Å²) in [5.41, 5.74) is 0. The van der Waals surface area contributed by atoms with Crippen LogP contribution in [0.15, 0.2) is 14.3 Å². The van der Waals surface area contributed by atoms with Crippen LogP contribution in [0.3, 0.4) is 0 Å². The van der Waals surface area contributed by atoms with Crippen LogP contribution in [0.25, 0.3) is 0 Å². The molecule has 0 spiro atoms. The number of hydrogen-bond donors (Lipinski definition) is 1. The molecule has 5 heteroatoms. The van der Waals surface area contributed by atoms with E-state index in [2.05, 4.69) is 62.0 Å². The molecule has 2 heterocycles. The molecule has 102 valence electrons. The third-order valence-corrected chi connectivity index (χ3v) is 6.64. The molecule has 1 atom stereocenters. The van der Waals surface area contributed by atoms with Gasteiger partial charge in [0.05, 0.1) is 3.79 Å². The molecule has 0 amide bonds. The number of nitrogens with zero attached hydrogens (tertiary/aromatic N) is 1. The van der Waals surface area contributed by atoms with E-state index in [4.69, 9.17) is 0 Å². The smallest absolute Gasteiger partial charge is 0.0843 e. The second kappa shape index (κ2) is 6.84. The fourth-order valence-electron chi connectivity index (χ4n) is 2.41. The van der Waals surface area contributed by atoms with E-state index in [1.165, 1.54) is 19.6 Å². The number of nitrogens with one attached hydrogen (secondary N) is 1. The fraction of sp³-hybridized carbons (Fsp3) is 0.692. The summed E-state index contributed by atoms with van der Waals surface area (Å²) in [5.74, 6) is 0.726. The van der Waals surface area contributed by atoms with Crippen molar-refractivity contribution in [2.45, 2.75) is 26.3 Å². The van der Waals surface area contributed by atoms with Crippen molar-refractivity contribution in [3.05, 3.63) is 19.2 Å². The van der Waals surface area contributed by atoms with Gasteiger partial charge in [-0.3, -0.25) is 4.90 Å². The average molecular weight is 396 g/mol. The zero-order valence-corrected chi connectivity index (χ0v) is 14.9. The Bertz CT molecular complexity index is 367. The Labute approximate surface area is 130 Å². The molecule has 0 bridgehead atoms. The SMILES string of the molecule is CC(C)C[C@@H](c1cc(Br)c(Br)s1)N1CCNCC1. The van der Waals surface area contributed by atoms with Crippen molar-refractivity contribution in [2.75, 3.05) is 26.2 Å². The molecular formula is C13H20Br2N2S. The van der Waals surface area contributed by atoms with Gasteiger partial charge in [0, 0.05) is 41.6 Å². The predicted molar refractivity (Wildman–Crippen MR) is 86.4 cm³/mol. The lowest BCUT2D eigenvalue weighted by atomic mass is 10.0. The van der Waals surface area contributed by atoms with Crippen LogP contribution in [-0.4, -0.2) is 31.1 Å². The molecule has 1 saturated heterocycles. The molecule has 1 aliphatic rings. The van der Waals surface area contributed by atoms with E-state index in [0.29, 0.717) is 6.04 Å². The van der Waals surface area contributed by atoms with Gasteiger partial charge in [-0.05, 0) is 50.3 Å². The van der Waals surface area contributed by atoms with Crippen molar-refractivity contribution in [1.82, 2.24) is 10.2 Å². The zero-order chi connectivity index (χ0) is 13.1. The lowest BCUT2D eigenvalue weighted by molar-refractivity contribution is 0.156. The summed E-state index contributed by atoms with van der Waals surface area (Å²) in [5, 5.41) is 3.43. The van der Waals surface area contributed by atoms with Gasteiger partial charge < -0.3 is 5.32 Å². The highest BCUT2D eigenvalue weighted by Crippen LogP contribution is 2.39. The average Bonchev–Trinajstić information content (AvgIpc) is 2.67. The van der Waals surface area contributed by atoms with Crippen molar-refractivity contribution in [1.29, 1.82) is 0 Å². The summed E-state index contributed by atoms with van der Waals surface area (Å²) in [7, 11) is 0. The van der Waals surface area contributed by atoms with Crippen molar-refractivity contribution < 1.29 is 0 Å². The quantitative estimate of drug-likeness (QED) is 0.818. The Kier molecular flexibility index (Phi) is 5.69. The zero-order valence-electron chi connectivity index (χ0n) is 10.9. The maximum absolute atomic E-state index is 3.62. The van der Waals surface area contributed by atoms with E-state index in [1.54, 1.807) is 0 Å². The van der Waals surface area contributed by atoms with Crippen LogP contribution in [-0.2, 0) is 0 Å². The van der Waals surface area contributed by atoms with E-state index < -0.39 is 0 Å².